The minimum absolute atomic E-state index is 0.0156. The van der Waals surface area contributed by atoms with Crippen LogP contribution < -0.4 is 4.84 Å². The van der Waals surface area contributed by atoms with Crippen LogP contribution in [-0.2, 0) is 0 Å². The van der Waals surface area contributed by atoms with E-state index in [0.29, 0.717) is 11.0 Å². The monoisotopic (exact) mass is 194 g/mol. The molecular weight excluding hydrogens is 188 g/mol. The van der Waals surface area contributed by atoms with Crippen LogP contribution in [0.1, 0.15) is 0 Å². The van der Waals surface area contributed by atoms with E-state index in [-0.39, 0.29) is 5.69 Å². The minimum Gasteiger partial charge on any atom is -0.398 e. The SMILES string of the molecule is COn1nnc2ccc([N+](=O)[O-])cc21. The maximum atomic E-state index is 10.5. The van der Waals surface area contributed by atoms with E-state index in [9.17, 15) is 10.1 Å². The first-order valence-corrected chi connectivity index (χ1v) is 3.76. The lowest BCUT2D eigenvalue weighted by Gasteiger charge is -1.96. The summed E-state index contributed by atoms with van der Waals surface area (Å²) in [6, 6.07) is 4.26. The van der Waals surface area contributed by atoms with Gasteiger partial charge in [0.15, 0.2) is 0 Å². The highest BCUT2D eigenvalue weighted by Crippen LogP contribution is 2.17. The first-order chi connectivity index (χ1) is 6.72. The second kappa shape index (κ2) is 2.95. The predicted molar refractivity (Wildman–Crippen MR) is 46.7 cm³/mol. The Morgan fingerprint density at radius 2 is 2.36 bits per heavy atom. The normalized spacial score (nSPS) is 10.4. The van der Waals surface area contributed by atoms with Crippen molar-refractivity contribution >= 4 is 16.7 Å². The zero-order valence-electron chi connectivity index (χ0n) is 7.25. The Hall–Kier alpha value is -2.18. The summed E-state index contributed by atoms with van der Waals surface area (Å²) < 4.78 is 0. The number of nitrogens with zero attached hydrogens (tertiary/aromatic N) is 4. The number of hydrogen-bond donors (Lipinski definition) is 0. The van der Waals surface area contributed by atoms with Crippen molar-refractivity contribution in [2.75, 3.05) is 7.11 Å². The third-order valence-electron chi connectivity index (χ3n) is 1.78. The molecule has 0 spiro atoms. The summed E-state index contributed by atoms with van der Waals surface area (Å²) in [5.41, 5.74) is 1.01. The van der Waals surface area contributed by atoms with Crippen molar-refractivity contribution in [3.05, 3.63) is 28.3 Å². The van der Waals surface area contributed by atoms with E-state index < -0.39 is 4.92 Å². The van der Waals surface area contributed by atoms with Crippen LogP contribution in [0.5, 0.6) is 0 Å². The molecule has 0 N–H and O–H groups in total. The van der Waals surface area contributed by atoms with Gasteiger partial charge in [0.2, 0.25) is 0 Å². The number of benzene rings is 1. The molecule has 1 aromatic heterocycles. The molecule has 0 aliphatic rings. The molecule has 0 aliphatic carbocycles. The molecule has 0 bridgehead atoms. The Balaban J connectivity index is 2.67. The van der Waals surface area contributed by atoms with Gasteiger partial charge in [0.05, 0.1) is 4.92 Å². The van der Waals surface area contributed by atoms with Gasteiger partial charge < -0.3 is 4.84 Å². The number of non-ortho nitro benzene ring substituents is 1. The van der Waals surface area contributed by atoms with Gasteiger partial charge in [-0.1, -0.05) is 4.85 Å². The number of hydrogen-bond acceptors (Lipinski definition) is 5. The Kier molecular flexibility index (Phi) is 1.77. The first kappa shape index (κ1) is 8.42. The molecule has 72 valence electrons. The van der Waals surface area contributed by atoms with E-state index >= 15 is 0 Å². The Morgan fingerprint density at radius 3 is 3.00 bits per heavy atom. The highest BCUT2D eigenvalue weighted by molar-refractivity contribution is 5.76. The molecule has 0 radical (unpaired) electrons. The van der Waals surface area contributed by atoms with Crippen LogP contribution in [0, 0.1) is 10.1 Å². The summed E-state index contributed by atoms with van der Waals surface area (Å²) in [6.45, 7) is 0. The van der Waals surface area contributed by atoms with Crippen LogP contribution >= 0.6 is 0 Å². The number of rotatable bonds is 2. The molecule has 0 amide bonds. The molecule has 14 heavy (non-hydrogen) atoms. The second-order valence-electron chi connectivity index (χ2n) is 2.58. The van der Waals surface area contributed by atoms with Crippen molar-refractivity contribution in [1.29, 1.82) is 0 Å². The van der Waals surface area contributed by atoms with Gasteiger partial charge in [0, 0.05) is 12.1 Å². The summed E-state index contributed by atoms with van der Waals surface area (Å²) >= 11 is 0. The van der Waals surface area contributed by atoms with E-state index in [1.54, 1.807) is 0 Å². The average Bonchev–Trinajstić information content (AvgIpc) is 2.59. The Labute approximate surface area is 78.0 Å². The number of nitro benzene ring substituents is 1. The van der Waals surface area contributed by atoms with Crippen LogP contribution in [0.15, 0.2) is 18.2 Å². The van der Waals surface area contributed by atoms with Crippen LogP contribution in [-0.4, -0.2) is 27.2 Å². The van der Waals surface area contributed by atoms with Gasteiger partial charge >= 0.3 is 0 Å². The fourth-order valence-electron chi connectivity index (χ4n) is 1.14. The van der Waals surface area contributed by atoms with E-state index in [4.69, 9.17) is 4.84 Å². The maximum Gasteiger partial charge on any atom is 0.271 e. The molecule has 1 aromatic carbocycles. The van der Waals surface area contributed by atoms with Gasteiger partial charge in [-0.2, -0.15) is 0 Å². The van der Waals surface area contributed by atoms with E-state index in [1.165, 1.54) is 25.3 Å². The summed E-state index contributed by atoms with van der Waals surface area (Å²) in [6.07, 6.45) is 0. The van der Waals surface area contributed by atoms with Gasteiger partial charge in [-0.25, -0.2) is 0 Å². The fraction of sp³-hybridized carbons (Fsp3) is 0.143. The van der Waals surface area contributed by atoms with Gasteiger partial charge in [0.1, 0.15) is 18.1 Å². The van der Waals surface area contributed by atoms with E-state index in [2.05, 4.69) is 10.3 Å². The highest BCUT2D eigenvalue weighted by atomic mass is 16.7. The van der Waals surface area contributed by atoms with Gasteiger partial charge in [-0.3, -0.25) is 10.1 Å². The number of nitro groups is 1. The third kappa shape index (κ3) is 1.15. The molecule has 0 fully saturated rings. The lowest BCUT2D eigenvalue weighted by Crippen LogP contribution is -2.07. The summed E-state index contributed by atoms with van der Waals surface area (Å²) in [4.78, 5) is 16.0. The van der Waals surface area contributed by atoms with Crippen LogP contribution in [0.25, 0.3) is 11.0 Å². The van der Waals surface area contributed by atoms with Crippen molar-refractivity contribution < 1.29 is 9.76 Å². The molecular formula is C7H6N4O3. The molecule has 0 saturated carbocycles. The molecule has 0 saturated heterocycles. The van der Waals surface area contributed by atoms with Crippen molar-refractivity contribution in [2.45, 2.75) is 0 Å². The molecule has 2 rings (SSSR count). The van der Waals surface area contributed by atoms with Gasteiger partial charge in [-0.15, -0.1) is 5.10 Å². The van der Waals surface area contributed by atoms with Crippen LogP contribution in [0.3, 0.4) is 0 Å². The Bertz CT molecular complexity index is 493. The largest absolute Gasteiger partial charge is 0.398 e. The second-order valence-corrected chi connectivity index (χ2v) is 2.58. The molecule has 7 nitrogen and oxygen atoms in total. The van der Waals surface area contributed by atoms with Gasteiger partial charge in [0.25, 0.3) is 5.69 Å². The zero-order valence-corrected chi connectivity index (χ0v) is 7.25. The van der Waals surface area contributed by atoms with Crippen LogP contribution in [0.4, 0.5) is 5.69 Å². The lowest BCUT2D eigenvalue weighted by molar-refractivity contribution is -0.384. The smallest absolute Gasteiger partial charge is 0.271 e. The topological polar surface area (TPSA) is 83.1 Å². The molecule has 1 heterocycles. The summed E-state index contributed by atoms with van der Waals surface area (Å²) in [5.74, 6) is 0. The van der Waals surface area contributed by atoms with Crippen molar-refractivity contribution in [3.8, 4) is 0 Å². The highest BCUT2D eigenvalue weighted by Gasteiger charge is 2.11. The average molecular weight is 194 g/mol. The minimum atomic E-state index is -0.480. The van der Waals surface area contributed by atoms with Crippen molar-refractivity contribution in [3.63, 3.8) is 0 Å². The summed E-state index contributed by atoms with van der Waals surface area (Å²) in [5, 5.41) is 17.9. The third-order valence-corrected chi connectivity index (χ3v) is 1.78. The van der Waals surface area contributed by atoms with Gasteiger partial charge in [-0.05, 0) is 11.3 Å². The molecule has 0 unspecified atom stereocenters. The number of aromatic nitrogens is 3. The zero-order chi connectivity index (χ0) is 10.1. The maximum absolute atomic E-state index is 10.5. The summed E-state index contributed by atoms with van der Waals surface area (Å²) in [7, 11) is 1.41. The predicted octanol–water partition coefficient (Wildman–Crippen LogP) is 0.398. The fourth-order valence-corrected chi connectivity index (χ4v) is 1.14. The standard InChI is InChI=1S/C7H6N4O3/c1-14-10-7-4-5(11(12)13)2-3-6(7)8-9-10/h2-4H,1H3. The van der Waals surface area contributed by atoms with E-state index in [0.717, 1.165) is 4.85 Å². The molecule has 2 aromatic rings. The lowest BCUT2D eigenvalue weighted by atomic mass is 10.3. The van der Waals surface area contributed by atoms with Crippen molar-refractivity contribution in [1.82, 2.24) is 15.2 Å². The molecule has 0 atom stereocenters. The van der Waals surface area contributed by atoms with Crippen molar-refractivity contribution in [2.24, 2.45) is 0 Å². The molecule has 0 aliphatic heterocycles. The quantitative estimate of drug-likeness (QED) is 0.510. The number of fused-ring (bicyclic) bond motifs is 1. The Morgan fingerprint density at radius 1 is 1.57 bits per heavy atom. The van der Waals surface area contributed by atoms with E-state index in [1.807, 2.05) is 0 Å². The molecule has 7 heteroatoms. The van der Waals surface area contributed by atoms with Crippen LogP contribution in [0.2, 0.25) is 0 Å². The first-order valence-electron chi connectivity index (χ1n) is 3.76.